The molecule has 8 nitrogen and oxygen atoms in total. The normalized spacial score (nSPS) is 14.1. The van der Waals surface area contributed by atoms with Crippen molar-refractivity contribution >= 4 is 11.8 Å². The number of aromatic nitrogens is 6. The largest absolute Gasteiger partial charge is 0.338 e. The van der Waals surface area contributed by atoms with Crippen molar-refractivity contribution in [3.05, 3.63) is 58.1 Å². The van der Waals surface area contributed by atoms with Crippen LogP contribution in [0.2, 0.25) is 0 Å². The maximum Gasteiger partial charge on any atom is 0.284 e. The van der Waals surface area contributed by atoms with Crippen molar-refractivity contribution in [3.8, 4) is 17.1 Å². The fourth-order valence-electron chi connectivity index (χ4n) is 3.73. The van der Waals surface area contributed by atoms with E-state index in [1.165, 1.54) is 4.68 Å². The Hall–Kier alpha value is -2.94. The molecule has 4 heterocycles. The van der Waals surface area contributed by atoms with Crippen molar-refractivity contribution in [3.63, 3.8) is 0 Å². The Bertz CT molecular complexity index is 1180. The molecule has 29 heavy (non-hydrogen) atoms. The van der Waals surface area contributed by atoms with Crippen LogP contribution in [0.25, 0.3) is 17.1 Å². The van der Waals surface area contributed by atoms with Crippen molar-refractivity contribution in [2.75, 3.05) is 0 Å². The van der Waals surface area contributed by atoms with Gasteiger partial charge in [-0.05, 0) is 38.3 Å². The highest BCUT2D eigenvalue weighted by atomic mass is 32.2. The van der Waals surface area contributed by atoms with Gasteiger partial charge in [-0.25, -0.2) is 4.98 Å². The standard InChI is InChI=1S/C20H20N6O2S/c1-13-21-16(28-24-13)12-29-20-22-18-17(15-10-6-3-7-11-25(15)20)19(27)26(23-18)14-8-4-2-5-9-14/h2,4-5,8-9H,3,6-7,10-12H2,1H3. The first-order valence-corrected chi connectivity index (χ1v) is 10.7. The van der Waals surface area contributed by atoms with Gasteiger partial charge in [0.1, 0.15) is 5.56 Å². The molecule has 0 aliphatic carbocycles. The summed E-state index contributed by atoms with van der Waals surface area (Å²) >= 11 is 1.54. The van der Waals surface area contributed by atoms with E-state index in [1.807, 2.05) is 30.3 Å². The van der Waals surface area contributed by atoms with Gasteiger partial charge in [-0.1, -0.05) is 41.5 Å². The van der Waals surface area contributed by atoms with E-state index in [0.29, 0.717) is 28.9 Å². The van der Waals surface area contributed by atoms with Gasteiger partial charge in [0.25, 0.3) is 5.56 Å². The van der Waals surface area contributed by atoms with Crippen molar-refractivity contribution in [2.24, 2.45) is 0 Å². The number of rotatable bonds is 4. The molecule has 0 fully saturated rings. The van der Waals surface area contributed by atoms with Gasteiger partial charge in [0, 0.05) is 12.2 Å². The van der Waals surface area contributed by atoms with Crippen LogP contribution < -0.4 is 5.56 Å². The van der Waals surface area contributed by atoms with Gasteiger partial charge in [-0.15, -0.1) is 5.10 Å². The molecule has 0 radical (unpaired) electrons. The zero-order chi connectivity index (χ0) is 19.8. The minimum absolute atomic E-state index is 0.103. The molecule has 0 unspecified atom stereocenters. The minimum Gasteiger partial charge on any atom is -0.338 e. The lowest BCUT2D eigenvalue weighted by molar-refractivity contribution is 0.387. The van der Waals surface area contributed by atoms with Crippen LogP contribution in [0.4, 0.5) is 0 Å². The molecule has 2 aromatic rings. The summed E-state index contributed by atoms with van der Waals surface area (Å²) in [6.45, 7) is 2.65. The van der Waals surface area contributed by atoms with Crippen molar-refractivity contribution < 1.29 is 4.52 Å². The van der Waals surface area contributed by atoms with Crippen LogP contribution in [0.1, 0.15) is 36.7 Å². The number of fused-ring (bicyclic) bond motifs is 3. The lowest BCUT2D eigenvalue weighted by atomic mass is 10.1. The molecule has 1 aromatic heterocycles. The first-order chi connectivity index (χ1) is 14.2. The van der Waals surface area contributed by atoms with Gasteiger partial charge in [0.2, 0.25) is 5.89 Å². The van der Waals surface area contributed by atoms with Gasteiger partial charge in [0.15, 0.2) is 16.8 Å². The Balaban J connectivity index is 1.63. The highest BCUT2D eigenvalue weighted by Crippen LogP contribution is 2.31. The van der Waals surface area contributed by atoms with Crippen molar-refractivity contribution in [1.82, 2.24) is 29.5 Å². The molecule has 0 saturated carbocycles. The second kappa shape index (κ2) is 7.47. The molecule has 3 aliphatic heterocycles. The molecular weight excluding hydrogens is 388 g/mol. The van der Waals surface area contributed by atoms with E-state index >= 15 is 0 Å². The average molecular weight is 408 g/mol. The minimum atomic E-state index is -0.103. The molecule has 148 valence electrons. The van der Waals surface area contributed by atoms with E-state index in [9.17, 15) is 4.79 Å². The second-order valence-electron chi connectivity index (χ2n) is 7.08. The third kappa shape index (κ3) is 3.35. The molecule has 0 spiro atoms. The molecule has 5 rings (SSSR count). The van der Waals surface area contributed by atoms with Crippen LogP contribution in [-0.4, -0.2) is 29.5 Å². The SMILES string of the molecule is Cc1noc(CSc2nc3nn(-c4ccccc4)c(=O)c-3c3n2CCCCC3)n1. The van der Waals surface area contributed by atoms with E-state index in [2.05, 4.69) is 19.8 Å². The molecule has 1 aromatic carbocycles. The van der Waals surface area contributed by atoms with E-state index < -0.39 is 0 Å². The van der Waals surface area contributed by atoms with Crippen molar-refractivity contribution in [1.29, 1.82) is 0 Å². The summed E-state index contributed by atoms with van der Waals surface area (Å²) in [5.74, 6) is 2.21. The Morgan fingerprint density at radius 2 is 2.00 bits per heavy atom. The number of para-hydroxylation sites is 1. The van der Waals surface area contributed by atoms with Crippen LogP contribution in [0.3, 0.4) is 0 Å². The van der Waals surface area contributed by atoms with Gasteiger partial charge in [-0.3, -0.25) is 4.79 Å². The third-order valence-electron chi connectivity index (χ3n) is 5.06. The summed E-state index contributed by atoms with van der Waals surface area (Å²) in [6.07, 6.45) is 4.11. The number of benzene rings is 1. The summed E-state index contributed by atoms with van der Waals surface area (Å²) in [6, 6.07) is 9.49. The Kier molecular flexibility index (Phi) is 4.67. The molecule has 0 atom stereocenters. The lowest BCUT2D eigenvalue weighted by Crippen LogP contribution is -2.19. The fraction of sp³-hybridized carbons (Fsp3) is 0.350. The van der Waals surface area contributed by atoms with Gasteiger partial charge >= 0.3 is 0 Å². The number of nitrogens with zero attached hydrogens (tertiary/aromatic N) is 6. The maximum absolute atomic E-state index is 13.2. The fourth-order valence-corrected chi connectivity index (χ4v) is 4.61. The van der Waals surface area contributed by atoms with E-state index in [0.717, 1.165) is 48.8 Å². The van der Waals surface area contributed by atoms with E-state index in [4.69, 9.17) is 9.51 Å². The van der Waals surface area contributed by atoms with Crippen LogP contribution in [0, 0.1) is 6.92 Å². The highest BCUT2D eigenvalue weighted by molar-refractivity contribution is 7.98. The molecule has 0 bridgehead atoms. The van der Waals surface area contributed by atoms with Gasteiger partial charge in [-0.2, -0.15) is 9.67 Å². The predicted octanol–water partition coefficient (Wildman–Crippen LogP) is 3.24. The number of hydrogen-bond acceptors (Lipinski definition) is 7. The summed E-state index contributed by atoms with van der Waals surface area (Å²) in [5.41, 5.74) is 2.31. The summed E-state index contributed by atoms with van der Waals surface area (Å²) in [7, 11) is 0. The zero-order valence-corrected chi connectivity index (χ0v) is 16.9. The molecule has 0 amide bonds. The summed E-state index contributed by atoms with van der Waals surface area (Å²) < 4.78 is 8.87. The van der Waals surface area contributed by atoms with Crippen LogP contribution in [0.15, 0.2) is 44.8 Å². The quantitative estimate of drug-likeness (QED) is 0.378. The molecule has 0 N–H and O–H groups in total. The van der Waals surface area contributed by atoms with Crippen LogP contribution in [0.5, 0.6) is 0 Å². The average Bonchev–Trinajstić information content (AvgIpc) is 3.20. The smallest absolute Gasteiger partial charge is 0.284 e. The Morgan fingerprint density at radius 3 is 2.79 bits per heavy atom. The predicted molar refractivity (Wildman–Crippen MR) is 108 cm³/mol. The molecule has 9 heteroatoms. The maximum atomic E-state index is 13.2. The van der Waals surface area contributed by atoms with Gasteiger partial charge < -0.3 is 9.09 Å². The van der Waals surface area contributed by atoms with Crippen LogP contribution >= 0.6 is 11.8 Å². The number of hydrogen-bond donors (Lipinski definition) is 0. The monoisotopic (exact) mass is 408 g/mol. The number of thioether (sulfide) groups is 1. The lowest BCUT2D eigenvalue weighted by Gasteiger charge is -2.17. The topological polar surface area (TPSA) is 91.6 Å². The first kappa shape index (κ1) is 18.1. The Morgan fingerprint density at radius 1 is 1.14 bits per heavy atom. The molecule has 0 saturated heterocycles. The molecular formula is C20H20N6O2S. The molecule has 3 aliphatic rings. The van der Waals surface area contributed by atoms with E-state index in [-0.39, 0.29) is 5.56 Å². The second-order valence-corrected chi connectivity index (χ2v) is 8.02. The summed E-state index contributed by atoms with van der Waals surface area (Å²) in [4.78, 5) is 22.2. The third-order valence-corrected chi connectivity index (χ3v) is 6.02. The zero-order valence-electron chi connectivity index (χ0n) is 16.0. The summed E-state index contributed by atoms with van der Waals surface area (Å²) in [5, 5.41) is 9.24. The Labute approximate surface area is 171 Å². The van der Waals surface area contributed by atoms with Crippen molar-refractivity contribution in [2.45, 2.75) is 50.1 Å². The first-order valence-electron chi connectivity index (χ1n) is 9.70. The van der Waals surface area contributed by atoms with E-state index in [1.54, 1.807) is 18.7 Å². The number of aryl methyl sites for hydroxylation is 1. The highest BCUT2D eigenvalue weighted by Gasteiger charge is 2.27. The van der Waals surface area contributed by atoms with Gasteiger partial charge in [0.05, 0.1) is 11.4 Å². The van der Waals surface area contributed by atoms with Crippen LogP contribution in [-0.2, 0) is 18.7 Å².